The smallest absolute Gasteiger partial charge is 0.323 e. The van der Waals surface area contributed by atoms with Gasteiger partial charge in [0.2, 0.25) is 10.0 Å². The Kier molecular flexibility index (Phi) is 3.68. The lowest BCUT2D eigenvalue weighted by atomic mass is 9.88. The molecule has 3 rings (SSSR count). The maximum Gasteiger partial charge on any atom is 0.324 e. The molecule has 2 heterocycles. The van der Waals surface area contributed by atoms with Crippen LogP contribution in [0, 0.1) is 6.92 Å². The average molecular weight is 337 g/mol. The Morgan fingerprint density at radius 3 is 2.35 bits per heavy atom. The van der Waals surface area contributed by atoms with Crippen molar-refractivity contribution in [3.8, 4) is 0 Å². The molecule has 0 saturated carbocycles. The zero-order valence-corrected chi connectivity index (χ0v) is 13.9. The van der Waals surface area contributed by atoms with Gasteiger partial charge in [-0.25, -0.2) is 13.2 Å². The molecular weight excluding hydrogens is 318 g/mol. The molecule has 2 fully saturated rings. The molecule has 8 heteroatoms. The monoisotopic (exact) mass is 337 g/mol. The van der Waals surface area contributed by atoms with Gasteiger partial charge >= 0.3 is 6.03 Å². The molecule has 0 aromatic heterocycles. The highest BCUT2D eigenvalue weighted by atomic mass is 32.2. The summed E-state index contributed by atoms with van der Waals surface area (Å²) in [4.78, 5) is 25.2. The molecule has 0 bridgehead atoms. The number of piperidine rings is 1. The van der Waals surface area contributed by atoms with Gasteiger partial charge in [0, 0.05) is 20.1 Å². The Balaban J connectivity index is 1.79. The molecular formula is C15H19N3O4S. The minimum absolute atomic E-state index is 0.204. The van der Waals surface area contributed by atoms with Gasteiger partial charge in [0.15, 0.2) is 0 Å². The van der Waals surface area contributed by atoms with Gasteiger partial charge in [-0.3, -0.25) is 9.69 Å². The Morgan fingerprint density at radius 2 is 1.83 bits per heavy atom. The van der Waals surface area contributed by atoms with E-state index in [1.807, 2.05) is 13.0 Å². The summed E-state index contributed by atoms with van der Waals surface area (Å²) >= 11 is 0. The molecule has 0 radical (unpaired) electrons. The number of imide groups is 1. The molecule has 2 saturated heterocycles. The van der Waals surface area contributed by atoms with E-state index in [4.69, 9.17) is 0 Å². The minimum Gasteiger partial charge on any atom is -0.323 e. The first kappa shape index (κ1) is 15.9. The largest absolute Gasteiger partial charge is 0.324 e. The fourth-order valence-corrected chi connectivity index (χ4v) is 4.67. The number of rotatable bonds is 2. The van der Waals surface area contributed by atoms with E-state index in [2.05, 4.69) is 5.32 Å². The SMILES string of the molecule is Cc1cccc(S(=O)(=O)N2CCC3(CC2)NC(=O)N(C)C3=O)c1. The summed E-state index contributed by atoms with van der Waals surface area (Å²) in [6.07, 6.45) is 0.569. The topological polar surface area (TPSA) is 86.8 Å². The lowest BCUT2D eigenvalue weighted by molar-refractivity contribution is -0.131. The van der Waals surface area contributed by atoms with Crippen LogP contribution in [-0.4, -0.2) is 55.2 Å². The molecule has 0 unspecified atom stereocenters. The second kappa shape index (κ2) is 5.31. The number of urea groups is 1. The third-order valence-corrected chi connectivity index (χ3v) is 6.46. The first-order chi connectivity index (χ1) is 10.8. The Bertz CT molecular complexity index is 767. The van der Waals surface area contributed by atoms with Gasteiger partial charge in [0.1, 0.15) is 5.54 Å². The molecule has 124 valence electrons. The van der Waals surface area contributed by atoms with Crippen LogP contribution in [0.2, 0.25) is 0 Å². The molecule has 23 heavy (non-hydrogen) atoms. The lowest BCUT2D eigenvalue weighted by Crippen LogP contribution is -2.55. The normalized spacial score (nSPS) is 21.7. The number of sulfonamides is 1. The number of carbonyl (C=O) groups is 2. The van der Waals surface area contributed by atoms with Gasteiger partial charge in [-0.2, -0.15) is 4.31 Å². The van der Waals surface area contributed by atoms with E-state index in [-0.39, 0.29) is 36.7 Å². The molecule has 0 atom stereocenters. The summed E-state index contributed by atoms with van der Waals surface area (Å²) in [5.74, 6) is -0.282. The van der Waals surface area contributed by atoms with Gasteiger partial charge in [0.25, 0.3) is 5.91 Å². The van der Waals surface area contributed by atoms with Gasteiger partial charge in [-0.1, -0.05) is 12.1 Å². The summed E-state index contributed by atoms with van der Waals surface area (Å²) in [7, 11) is -2.15. The van der Waals surface area contributed by atoms with Crippen molar-refractivity contribution in [2.75, 3.05) is 20.1 Å². The van der Waals surface area contributed by atoms with Gasteiger partial charge in [-0.15, -0.1) is 0 Å². The van der Waals surface area contributed by atoms with Crippen LogP contribution in [0.3, 0.4) is 0 Å². The number of carbonyl (C=O) groups excluding carboxylic acids is 2. The van der Waals surface area contributed by atoms with Crippen molar-refractivity contribution in [1.29, 1.82) is 0 Å². The first-order valence-electron chi connectivity index (χ1n) is 7.43. The maximum atomic E-state index is 12.7. The van der Waals surface area contributed by atoms with Crippen LogP contribution in [0.4, 0.5) is 4.79 Å². The summed E-state index contributed by atoms with van der Waals surface area (Å²) in [5.41, 5.74) is -0.0795. The van der Waals surface area contributed by atoms with Crippen LogP contribution in [0.15, 0.2) is 29.2 Å². The van der Waals surface area contributed by atoms with Crippen molar-refractivity contribution in [2.24, 2.45) is 0 Å². The van der Waals surface area contributed by atoms with E-state index in [1.165, 1.54) is 11.4 Å². The Morgan fingerprint density at radius 1 is 1.17 bits per heavy atom. The van der Waals surface area contributed by atoms with Crippen LogP contribution in [-0.2, 0) is 14.8 Å². The molecule has 1 spiro atoms. The van der Waals surface area contributed by atoms with Crippen molar-refractivity contribution >= 4 is 22.0 Å². The number of hydrogen-bond acceptors (Lipinski definition) is 4. The quantitative estimate of drug-likeness (QED) is 0.805. The molecule has 1 aromatic carbocycles. The number of hydrogen-bond donors (Lipinski definition) is 1. The van der Waals surface area contributed by atoms with Crippen molar-refractivity contribution < 1.29 is 18.0 Å². The second-order valence-electron chi connectivity index (χ2n) is 6.10. The zero-order valence-electron chi connectivity index (χ0n) is 13.1. The summed E-state index contributed by atoms with van der Waals surface area (Å²) < 4.78 is 26.8. The van der Waals surface area contributed by atoms with Gasteiger partial charge in [0.05, 0.1) is 4.90 Å². The molecule has 2 aliphatic heterocycles. The zero-order chi connectivity index (χ0) is 16.8. The standard InChI is InChI=1S/C15H19N3O4S/c1-11-4-3-5-12(10-11)23(21,22)18-8-6-15(7-9-18)13(19)17(2)14(20)16-15/h3-5,10H,6-9H2,1-2H3,(H,16,20). The fraction of sp³-hybridized carbons (Fsp3) is 0.467. The summed E-state index contributed by atoms with van der Waals surface area (Å²) in [6, 6.07) is 6.33. The van der Waals surface area contributed by atoms with Gasteiger partial charge in [-0.05, 0) is 37.5 Å². The Labute approximate surface area is 135 Å². The van der Waals surface area contributed by atoms with Crippen molar-refractivity contribution in [1.82, 2.24) is 14.5 Å². The van der Waals surface area contributed by atoms with Crippen LogP contribution in [0.5, 0.6) is 0 Å². The first-order valence-corrected chi connectivity index (χ1v) is 8.87. The van der Waals surface area contributed by atoms with E-state index < -0.39 is 21.6 Å². The summed E-state index contributed by atoms with van der Waals surface area (Å²) in [6.45, 7) is 2.25. The van der Waals surface area contributed by atoms with E-state index >= 15 is 0 Å². The van der Waals surface area contributed by atoms with Crippen LogP contribution in [0.1, 0.15) is 18.4 Å². The molecule has 3 amide bonds. The number of aryl methyl sites for hydroxylation is 1. The predicted octanol–water partition coefficient (Wildman–Crippen LogP) is 0.700. The van der Waals surface area contributed by atoms with Crippen molar-refractivity contribution in [3.63, 3.8) is 0 Å². The van der Waals surface area contributed by atoms with E-state index in [0.717, 1.165) is 10.5 Å². The maximum absolute atomic E-state index is 12.7. The number of nitrogens with one attached hydrogen (secondary N) is 1. The van der Waals surface area contributed by atoms with Crippen LogP contribution in [0.25, 0.3) is 0 Å². The number of likely N-dealkylation sites (N-methyl/N-ethyl adjacent to an activating group) is 1. The number of benzene rings is 1. The number of nitrogens with zero attached hydrogens (tertiary/aromatic N) is 2. The Hall–Kier alpha value is -1.93. The van der Waals surface area contributed by atoms with E-state index in [1.54, 1.807) is 18.2 Å². The highest BCUT2D eigenvalue weighted by molar-refractivity contribution is 7.89. The number of amides is 3. The highest BCUT2D eigenvalue weighted by Gasteiger charge is 2.52. The van der Waals surface area contributed by atoms with E-state index in [0.29, 0.717) is 0 Å². The molecule has 2 aliphatic rings. The van der Waals surface area contributed by atoms with Crippen molar-refractivity contribution in [2.45, 2.75) is 30.2 Å². The third-order valence-electron chi connectivity index (χ3n) is 4.57. The lowest BCUT2D eigenvalue weighted by Gasteiger charge is -2.36. The van der Waals surface area contributed by atoms with Gasteiger partial charge < -0.3 is 5.32 Å². The second-order valence-corrected chi connectivity index (χ2v) is 8.03. The summed E-state index contributed by atoms with van der Waals surface area (Å²) in [5, 5.41) is 2.71. The average Bonchev–Trinajstić information content (AvgIpc) is 2.72. The fourth-order valence-electron chi connectivity index (χ4n) is 3.13. The minimum atomic E-state index is -3.58. The van der Waals surface area contributed by atoms with Crippen molar-refractivity contribution in [3.05, 3.63) is 29.8 Å². The van der Waals surface area contributed by atoms with E-state index in [9.17, 15) is 18.0 Å². The molecule has 7 nitrogen and oxygen atoms in total. The van der Waals surface area contributed by atoms with Crippen LogP contribution >= 0.6 is 0 Å². The molecule has 1 aromatic rings. The predicted molar refractivity (Wildman–Crippen MR) is 83.2 cm³/mol. The molecule has 0 aliphatic carbocycles. The van der Waals surface area contributed by atoms with Crippen LogP contribution < -0.4 is 5.32 Å². The molecule has 1 N–H and O–H groups in total. The highest BCUT2D eigenvalue weighted by Crippen LogP contribution is 2.31. The third kappa shape index (κ3) is 2.51.